The molecule has 0 saturated heterocycles. The van der Waals surface area contributed by atoms with E-state index < -0.39 is 16.6 Å². The topological polar surface area (TPSA) is 27.7 Å². The van der Waals surface area contributed by atoms with Crippen LogP contribution >= 0.6 is 0 Å². The van der Waals surface area contributed by atoms with E-state index in [9.17, 15) is 0 Å². The number of hydrogen-bond acceptors (Lipinski definition) is 3. The van der Waals surface area contributed by atoms with Crippen molar-refractivity contribution in [3.63, 3.8) is 0 Å². The lowest BCUT2D eigenvalue weighted by Gasteiger charge is -2.32. The maximum Gasteiger partial charge on any atom is 0.476 e. The summed E-state index contributed by atoms with van der Waals surface area (Å²) >= 11 is 0. The molecule has 0 heterocycles. The van der Waals surface area contributed by atoms with Crippen LogP contribution in [0.25, 0.3) is 0 Å². The summed E-state index contributed by atoms with van der Waals surface area (Å²) in [5, 5.41) is 2.55. The van der Waals surface area contributed by atoms with E-state index in [1.54, 1.807) is 21.3 Å². The van der Waals surface area contributed by atoms with E-state index in [0.29, 0.717) is 0 Å². The van der Waals surface area contributed by atoms with Gasteiger partial charge >= 0.3 is 8.32 Å². The molecule has 0 unspecified atom stereocenters. The molecule has 0 bridgehead atoms. The molecule has 2 aromatic carbocycles. The van der Waals surface area contributed by atoms with Crippen molar-refractivity contribution in [1.29, 1.82) is 0 Å². The minimum atomic E-state index is -2.69. The van der Waals surface area contributed by atoms with Crippen molar-refractivity contribution in [2.45, 2.75) is 0 Å². The average molecular weight is 304 g/mol. The van der Waals surface area contributed by atoms with Crippen LogP contribution in [-0.2, 0) is 13.3 Å². The summed E-state index contributed by atoms with van der Waals surface area (Å²) in [4.78, 5) is 0. The van der Waals surface area contributed by atoms with Gasteiger partial charge < -0.3 is 13.3 Å². The molecule has 0 saturated carbocycles. The Morgan fingerprint density at radius 3 is 1.30 bits per heavy atom. The first-order valence-corrected chi connectivity index (χ1v) is 11.2. The largest absolute Gasteiger partial charge is 0.476 e. The molecule has 3 nitrogen and oxygen atoms in total. The van der Waals surface area contributed by atoms with Gasteiger partial charge in [0.1, 0.15) is 0 Å². The van der Waals surface area contributed by atoms with E-state index in [4.69, 9.17) is 13.3 Å². The van der Waals surface area contributed by atoms with Gasteiger partial charge in [-0.25, -0.2) is 0 Å². The van der Waals surface area contributed by atoms with Crippen molar-refractivity contribution >= 4 is 27.0 Å². The SMILES string of the molecule is CO[Si](OC)(OC)[SiH](c1ccccc1)c1ccccc1. The van der Waals surface area contributed by atoms with Crippen LogP contribution in [0.4, 0.5) is 0 Å². The number of rotatable bonds is 6. The zero-order chi connectivity index (χ0) is 14.4. The van der Waals surface area contributed by atoms with Crippen molar-refractivity contribution in [3.05, 3.63) is 60.7 Å². The molecule has 0 atom stereocenters. The molecular weight excluding hydrogens is 284 g/mol. The number of hydrogen-bond donors (Lipinski definition) is 0. The summed E-state index contributed by atoms with van der Waals surface area (Å²) in [5.74, 6) is 0. The smallest absolute Gasteiger partial charge is 0.380 e. The predicted octanol–water partition coefficient (Wildman–Crippen LogP) is 0.984. The Balaban J connectivity index is 2.55. The van der Waals surface area contributed by atoms with Crippen molar-refractivity contribution in [2.24, 2.45) is 0 Å². The Labute approximate surface area is 122 Å². The minimum absolute atomic E-state index is 1.27. The molecule has 0 N–H and O–H groups in total. The Morgan fingerprint density at radius 2 is 1.00 bits per heavy atom. The van der Waals surface area contributed by atoms with Gasteiger partial charge in [-0.3, -0.25) is 0 Å². The van der Waals surface area contributed by atoms with Crippen molar-refractivity contribution in [1.82, 2.24) is 0 Å². The summed E-state index contributed by atoms with van der Waals surface area (Å²) in [6.45, 7) is 0. The normalized spacial score (nSPS) is 11.8. The van der Waals surface area contributed by atoms with Gasteiger partial charge in [-0.2, -0.15) is 0 Å². The predicted molar refractivity (Wildman–Crippen MR) is 86.1 cm³/mol. The molecule has 0 aliphatic carbocycles. The van der Waals surface area contributed by atoms with E-state index >= 15 is 0 Å². The maximum atomic E-state index is 5.76. The highest BCUT2D eigenvalue weighted by atomic mass is 29.3. The molecule has 0 fully saturated rings. The third kappa shape index (κ3) is 2.92. The zero-order valence-electron chi connectivity index (χ0n) is 12.1. The van der Waals surface area contributed by atoms with Crippen LogP contribution < -0.4 is 10.4 Å². The molecule has 5 heteroatoms. The maximum absolute atomic E-state index is 5.76. The van der Waals surface area contributed by atoms with Crippen molar-refractivity contribution in [3.8, 4) is 0 Å². The molecule has 20 heavy (non-hydrogen) atoms. The lowest BCUT2D eigenvalue weighted by molar-refractivity contribution is 0.148. The molecule has 0 aliphatic heterocycles. The Hall–Kier alpha value is -1.25. The molecule has 0 spiro atoms. The van der Waals surface area contributed by atoms with E-state index in [1.807, 2.05) is 12.1 Å². The highest BCUT2D eigenvalue weighted by Gasteiger charge is 2.50. The molecule has 2 aromatic rings. The van der Waals surface area contributed by atoms with Crippen LogP contribution in [0.1, 0.15) is 0 Å². The van der Waals surface area contributed by atoms with Crippen LogP contribution in [0.2, 0.25) is 0 Å². The molecule has 0 aliphatic rings. The first kappa shape index (κ1) is 15.1. The zero-order valence-corrected chi connectivity index (χ0v) is 14.2. The Bertz CT molecular complexity index is 467. The van der Waals surface area contributed by atoms with Gasteiger partial charge in [-0.1, -0.05) is 71.0 Å². The van der Waals surface area contributed by atoms with Crippen LogP contribution in [-0.4, -0.2) is 38.0 Å². The van der Waals surface area contributed by atoms with Crippen molar-refractivity contribution in [2.75, 3.05) is 21.3 Å². The first-order chi connectivity index (χ1) is 9.77. The average Bonchev–Trinajstić information content (AvgIpc) is 2.54. The Kier molecular flexibility index (Phi) is 5.27. The summed E-state index contributed by atoms with van der Waals surface area (Å²) in [6.07, 6.45) is 0. The molecule has 2 rings (SSSR count). The van der Waals surface area contributed by atoms with Gasteiger partial charge in [0.05, 0.1) is 0 Å². The Morgan fingerprint density at radius 1 is 0.650 bits per heavy atom. The van der Waals surface area contributed by atoms with Gasteiger partial charge in [0.2, 0.25) is 0 Å². The number of benzene rings is 2. The minimum Gasteiger partial charge on any atom is -0.380 e. The fourth-order valence-corrected chi connectivity index (χ4v) is 11.8. The second-order valence-electron chi connectivity index (χ2n) is 4.47. The van der Waals surface area contributed by atoms with E-state index in [2.05, 4.69) is 48.5 Å². The van der Waals surface area contributed by atoms with Gasteiger partial charge in [0.25, 0.3) is 0 Å². The van der Waals surface area contributed by atoms with E-state index in [1.165, 1.54) is 10.4 Å². The highest BCUT2D eigenvalue weighted by Crippen LogP contribution is 2.12. The second kappa shape index (κ2) is 6.96. The van der Waals surface area contributed by atoms with Crippen LogP contribution in [0, 0.1) is 0 Å². The molecule has 0 amide bonds. The summed E-state index contributed by atoms with van der Waals surface area (Å²) in [7, 11) is 0.638. The monoisotopic (exact) mass is 304 g/mol. The lowest BCUT2D eigenvalue weighted by atomic mass is 10.4. The fraction of sp³-hybridized carbons (Fsp3) is 0.200. The second-order valence-corrected chi connectivity index (χ2v) is 13.0. The fourth-order valence-electron chi connectivity index (χ4n) is 2.50. The van der Waals surface area contributed by atoms with Crippen molar-refractivity contribution < 1.29 is 13.3 Å². The summed E-state index contributed by atoms with van der Waals surface area (Å²) in [6, 6.07) is 20.8. The van der Waals surface area contributed by atoms with Gasteiger partial charge in [0, 0.05) is 21.3 Å². The lowest BCUT2D eigenvalue weighted by Crippen LogP contribution is -2.68. The third-order valence-corrected chi connectivity index (χ3v) is 14.2. The van der Waals surface area contributed by atoms with Gasteiger partial charge in [-0.05, 0) is 0 Å². The molecule has 0 aromatic heterocycles. The molecule has 106 valence electrons. The van der Waals surface area contributed by atoms with Crippen LogP contribution in [0.3, 0.4) is 0 Å². The summed E-state index contributed by atoms with van der Waals surface area (Å²) in [5.41, 5.74) is 0. The molecular formula is C15H20O3Si2. The van der Waals surface area contributed by atoms with Crippen LogP contribution in [0.5, 0.6) is 0 Å². The van der Waals surface area contributed by atoms with Crippen LogP contribution in [0.15, 0.2) is 60.7 Å². The molecule has 0 radical (unpaired) electrons. The standard InChI is InChI=1S/C15H20O3Si2/c1-16-20(17-2,18-3)19(14-10-6-4-7-11-14)15-12-8-5-9-13-15/h4-13,19H,1-3H3. The van der Waals surface area contributed by atoms with Gasteiger partial charge in [-0.15, -0.1) is 0 Å². The van der Waals surface area contributed by atoms with E-state index in [0.717, 1.165) is 0 Å². The van der Waals surface area contributed by atoms with Gasteiger partial charge in [0.15, 0.2) is 8.31 Å². The quantitative estimate of drug-likeness (QED) is 0.745. The highest BCUT2D eigenvalue weighted by molar-refractivity contribution is 7.35. The first-order valence-electron chi connectivity index (χ1n) is 6.52. The third-order valence-electron chi connectivity index (χ3n) is 3.47. The summed E-state index contributed by atoms with van der Waals surface area (Å²) < 4.78 is 17.3. The van der Waals surface area contributed by atoms with E-state index in [-0.39, 0.29) is 0 Å².